The molecule has 1 aliphatic rings. The molecule has 0 spiro atoms. The highest BCUT2D eigenvalue weighted by Crippen LogP contribution is 2.21. The Bertz CT molecular complexity index is 351. The van der Waals surface area contributed by atoms with Gasteiger partial charge in [-0.05, 0) is 12.1 Å². The smallest absolute Gasteiger partial charge is 0.121 e. The Morgan fingerprint density at radius 2 is 2.06 bits per heavy atom. The van der Waals surface area contributed by atoms with Gasteiger partial charge in [-0.1, -0.05) is 6.07 Å². The van der Waals surface area contributed by atoms with E-state index in [4.69, 9.17) is 9.47 Å². The number of benzene rings is 1. The summed E-state index contributed by atoms with van der Waals surface area (Å²) in [6.07, 6.45) is 0.925. The third-order valence-electron chi connectivity index (χ3n) is 3.06. The summed E-state index contributed by atoms with van der Waals surface area (Å²) in [5.74, 6) is 0.946. The second-order valence-electron chi connectivity index (χ2n) is 4.43. The minimum Gasteiger partial charge on any atom is -0.493 e. The van der Waals surface area contributed by atoms with Gasteiger partial charge in [0.2, 0.25) is 0 Å². The Balaban J connectivity index is 1.88. The number of methoxy groups -OCH3 is 1. The van der Waals surface area contributed by atoms with Crippen LogP contribution in [0.5, 0.6) is 5.75 Å². The predicted octanol–water partition coefficient (Wildman–Crippen LogP) is 1.51. The van der Waals surface area contributed by atoms with Gasteiger partial charge in [0, 0.05) is 58.1 Å². The molecule has 2 rings (SSSR count). The van der Waals surface area contributed by atoms with Crippen LogP contribution >= 0.6 is 0 Å². The van der Waals surface area contributed by atoms with Crippen LogP contribution in [0.4, 0.5) is 5.69 Å². The summed E-state index contributed by atoms with van der Waals surface area (Å²) in [6, 6.07) is 8.34. The van der Waals surface area contributed by atoms with Crippen molar-refractivity contribution in [2.24, 2.45) is 0 Å². The van der Waals surface area contributed by atoms with E-state index in [9.17, 15) is 0 Å². The second-order valence-corrected chi connectivity index (χ2v) is 4.43. The summed E-state index contributed by atoms with van der Waals surface area (Å²) < 4.78 is 10.7. The lowest BCUT2D eigenvalue weighted by Crippen LogP contribution is -2.43. The van der Waals surface area contributed by atoms with Gasteiger partial charge in [0.15, 0.2) is 0 Å². The molecule has 1 aliphatic heterocycles. The Kier molecular flexibility index (Phi) is 5.30. The van der Waals surface area contributed by atoms with Crippen LogP contribution in [0.25, 0.3) is 0 Å². The maximum Gasteiger partial charge on any atom is 0.121 e. The van der Waals surface area contributed by atoms with Crippen LogP contribution in [0.15, 0.2) is 24.3 Å². The van der Waals surface area contributed by atoms with E-state index in [1.165, 1.54) is 5.69 Å². The number of nitrogens with zero attached hydrogens (tertiary/aromatic N) is 1. The summed E-state index contributed by atoms with van der Waals surface area (Å²) in [4.78, 5) is 2.39. The zero-order valence-corrected chi connectivity index (χ0v) is 11.0. The van der Waals surface area contributed by atoms with Crippen LogP contribution in [0.2, 0.25) is 0 Å². The molecule has 1 heterocycles. The lowest BCUT2D eigenvalue weighted by atomic mass is 10.2. The standard InChI is InChI=1S/C14H22N2O2/c1-17-10-3-11-18-14-5-2-4-13(12-14)16-8-6-15-7-9-16/h2,4-5,12,15H,3,6-11H2,1H3. The Morgan fingerprint density at radius 3 is 2.83 bits per heavy atom. The van der Waals surface area contributed by atoms with E-state index in [1.807, 2.05) is 6.07 Å². The molecule has 1 aromatic carbocycles. The molecule has 4 heteroatoms. The Labute approximate surface area is 109 Å². The van der Waals surface area contributed by atoms with Gasteiger partial charge >= 0.3 is 0 Å². The first kappa shape index (κ1) is 13.2. The summed E-state index contributed by atoms with van der Waals surface area (Å²) in [5, 5.41) is 3.36. The van der Waals surface area contributed by atoms with Crippen LogP contribution in [0.3, 0.4) is 0 Å². The number of rotatable bonds is 6. The van der Waals surface area contributed by atoms with Crippen LogP contribution in [0.1, 0.15) is 6.42 Å². The third-order valence-corrected chi connectivity index (χ3v) is 3.06. The van der Waals surface area contributed by atoms with Crippen LogP contribution < -0.4 is 15.0 Å². The largest absolute Gasteiger partial charge is 0.493 e. The first-order chi connectivity index (χ1) is 8.90. The highest BCUT2D eigenvalue weighted by atomic mass is 16.5. The molecule has 4 nitrogen and oxygen atoms in total. The van der Waals surface area contributed by atoms with Gasteiger partial charge in [0.05, 0.1) is 6.61 Å². The van der Waals surface area contributed by atoms with Gasteiger partial charge in [-0.3, -0.25) is 0 Å². The van der Waals surface area contributed by atoms with Crippen molar-refractivity contribution in [2.75, 3.05) is 51.4 Å². The summed E-state index contributed by atoms with van der Waals surface area (Å²) in [5.41, 5.74) is 1.25. The first-order valence-corrected chi connectivity index (χ1v) is 6.57. The fraction of sp³-hybridized carbons (Fsp3) is 0.571. The number of hydrogen-bond acceptors (Lipinski definition) is 4. The molecular weight excluding hydrogens is 228 g/mol. The average Bonchev–Trinajstić information content (AvgIpc) is 2.45. The zero-order valence-electron chi connectivity index (χ0n) is 11.0. The lowest BCUT2D eigenvalue weighted by Gasteiger charge is -2.29. The molecule has 0 aliphatic carbocycles. The molecule has 0 radical (unpaired) electrons. The van der Waals surface area contributed by atoms with E-state index >= 15 is 0 Å². The normalized spacial score (nSPS) is 15.7. The molecule has 18 heavy (non-hydrogen) atoms. The molecule has 0 amide bonds. The van der Waals surface area contributed by atoms with Gasteiger partial charge < -0.3 is 19.7 Å². The molecule has 1 aromatic rings. The molecule has 1 fully saturated rings. The van der Waals surface area contributed by atoms with Crippen molar-refractivity contribution in [3.05, 3.63) is 24.3 Å². The van der Waals surface area contributed by atoms with Crippen molar-refractivity contribution < 1.29 is 9.47 Å². The molecule has 0 atom stereocenters. The first-order valence-electron chi connectivity index (χ1n) is 6.57. The highest BCUT2D eigenvalue weighted by molar-refractivity contribution is 5.51. The molecule has 0 saturated carbocycles. The summed E-state index contributed by atoms with van der Waals surface area (Å²) in [7, 11) is 1.71. The highest BCUT2D eigenvalue weighted by Gasteiger charge is 2.10. The predicted molar refractivity (Wildman–Crippen MR) is 73.5 cm³/mol. The van der Waals surface area contributed by atoms with Crippen molar-refractivity contribution in [3.63, 3.8) is 0 Å². The van der Waals surface area contributed by atoms with E-state index in [1.54, 1.807) is 7.11 Å². The Hall–Kier alpha value is -1.26. The molecule has 1 saturated heterocycles. The number of piperazine rings is 1. The number of ether oxygens (including phenoxy) is 2. The molecule has 1 N–H and O–H groups in total. The molecule has 0 aromatic heterocycles. The van der Waals surface area contributed by atoms with Gasteiger partial charge in [-0.25, -0.2) is 0 Å². The van der Waals surface area contributed by atoms with Gasteiger partial charge in [-0.15, -0.1) is 0 Å². The molecule has 100 valence electrons. The fourth-order valence-corrected chi connectivity index (χ4v) is 2.09. The van der Waals surface area contributed by atoms with E-state index in [0.717, 1.165) is 45.0 Å². The lowest BCUT2D eigenvalue weighted by molar-refractivity contribution is 0.172. The summed E-state index contributed by atoms with van der Waals surface area (Å²) >= 11 is 0. The van der Waals surface area contributed by atoms with Crippen molar-refractivity contribution in [2.45, 2.75) is 6.42 Å². The van der Waals surface area contributed by atoms with Crippen molar-refractivity contribution in [3.8, 4) is 5.75 Å². The average molecular weight is 250 g/mol. The van der Waals surface area contributed by atoms with E-state index in [0.29, 0.717) is 6.61 Å². The van der Waals surface area contributed by atoms with Crippen molar-refractivity contribution in [1.29, 1.82) is 0 Å². The molecular formula is C14H22N2O2. The van der Waals surface area contributed by atoms with E-state index < -0.39 is 0 Å². The quantitative estimate of drug-likeness (QED) is 0.776. The van der Waals surface area contributed by atoms with Crippen LogP contribution in [0, 0.1) is 0 Å². The topological polar surface area (TPSA) is 33.7 Å². The van der Waals surface area contributed by atoms with Gasteiger partial charge in [0.1, 0.15) is 5.75 Å². The maximum atomic E-state index is 5.72. The van der Waals surface area contributed by atoms with E-state index in [2.05, 4.69) is 28.4 Å². The van der Waals surface area contributed by atoms with Gasteiger partial charge in [0.25, 0.3) is 0 Å². The minimum atomic E-state index is 0.707. The fourth-order valence-electron chi connectivity index (χ4n) is 2.09. The van der Waals surface area contributed by atoms with Gasteiger partial charge in [-0.2, -0.15) is 0 Å². The summed E-state index contributed by atoms with van der Waals surface area (Å²) in [6.45, 7) is 5.69. The number of nitrogens with one attached hydrogen (secondary N) is 1. The van der Waals surface area contributed by atoms with Crippen LogP contribution in [-0.4, -0.2) is 46.5 Å². The Morgan fingerprint density at radius 1 is 1.22 bits per heavy atom. The number of hydrogen-bond donors (Lipinski definition) is 1. The second kappa shape index (κ2) is 7.24. The van der Waals surface area contributed by atoms with Crippen LogP contribution in [-0.2, 0) is 4.74 Å². The SMILES string of the molecule is COCCCOc1cccc(N2CCNCC2)c1. The maximum absolute atomic E-state index is 5.72. The van der Waals surface area contributed by atoms with E-state index in [-0.39, 0.29) is 0 Å². The number of anilines is 1. The third kappa shape index (κ3) is 3.89. The minimum absolute atomic E-state index is 0.707. The monoisotopic (exact) mass is 250 g/mol. The molecule has 0 unspecified atom stereocenters. The van der Waals surface area contributed by atoms with Crippen molar-refractivity contribution >= 4 is 5.69 Å². The van der Waals surface area contributed by atoms with Crippen molar-refractivity contribution in [1.82, 2.24) is 5.32 Å². The zero-order chi connectivity index (χ0) is 12.6. The molecule has 0 bridgehead atoms.